The maximum Gasteiger partial charge on any atom is 0.161 e. The van der Waals surface area contributed by atoms with Crippen molar-refractivity contribution in [2.24, 2.45) is 10.9 Å². The second-order valence-electron chi connectivity index (χ2n) is 4.79. The lowest BCUT2D eigenvalue weighted by molar-refractivity contribution is 0.543. The SMILES string of the molecule is Cc1cc(Br)c(NC2=N[C@@H](C(C)C)CS2)c(Br)c1. The van der Waals surface area contributed by atoms with Crippen LogP contribution in [-0.2, 0) is 0 Å². The molecule has 0 saturated heterocycles. The molecule has 0 unspecified atom stereocenters. The molecular formula is C13H16Br2N2S. The first-order valence-corrected chi connectivity index (χ1v) is 8.48. The number of halogens is 2. The molecular weight excluding hydrogens is 376 g/mol. The normalized spacial score (nSPS) is 19.2. The zero-order valence-corrected chi connectivity index (χ0v) is 14.6. The highest BCUT2D eigenvalue weighted by Gasteiger charge is 2.22. The molecule has 0 fully saturated rings. The minimum absolute atomic E-state index is 0.431. The van der Waals surface area contributed by atoms with Gasteiger partial charge in [-0.3, -0.25) is 4.99 Å². The van der Waals surface area contributed by atoms with Crippen LogP contribution in [0.1, 0.15) is 19.4 Å². The molecule has 2 nitrogen and oxygen atoms in total. The van der Waals surface area contributed by atoms with Crippen LogP contribution in [0, 0.1) is 12.8 Å². The average molecular weight is 392 g/mol. The summed E-state index contributed by atoms with van der Waals surface area (Å²) in [6, 6.07) is 4.64. The van der Waals surface area contributed by atoms with Gasteiger partial charge in [-0.15, -0.1) is 0 Å². The number of aryl methyl sites for hydroxylation is 1. The molecule has 0 aliphatic carbocycles. The molecule has 98 valence electrons. The second kappa shape index (κ2) is 5.97. The topological polar surface area (TPSA) is 24.4 Å². The lowest BCUT2D eigenvalue weighted by Crippen LogP contribution is -2.12. The molecule has 1 atom stereocenters. The van der Waals surface area contributed by atoms with Crippen LogP contribution in [0.2, 0.25) is 0 Å². The number of anilines is 1. The van der Waals surface area contributed by atoms with Crippen molar-refractivity contribution in [3.63, 3.8) is 0 Å². The monoisotopic (exact) mass is 390 g/mol. The van der Waals surface area contributed by atoms with Gasteiger partial charge in [0.05, 0.1) is 11.7 Å². The number of rotatable bonds is 2. The third-order valence-electron chi connectivity index (χ3n) is 2.86. The smallest absolute Gasteiger partial charge is 0.161 e. The fourth-order valence-electron chi connectivity index (χ4n) is 1.73. The van der Waals surface area contributed by atoms with E-state index in [9.17, 15) is 0 Å². The minimum Gasteiger partial charge on any atom is -0.333 e. The van der Waals surface area contributed by atoms with Crippen LogP contribution < -0.4 is 5.32 Å². The molecule has 0 radical (unpaired) electrons. The Morgan fingerprint density at radius 1 is 1.33 bits per heavy atom. The molecule has 5 heteroatoms. The number of hydrogen-bond donors (Lipinski definition) is 1. The Morgan fingerprint density at radius 2 is 1.94 bits per heavy atom. The molecule has 1 aromatic rings. The standard InChI is InChI=1S/C13H16Br2N2S/c1-7(2)11-6-18-13(16-11)17-12-9(14)4-8(3)5-10(12)15/h4-5,7,11H,6H2,1-3H3,(H,16,17)/t11-/m1/s1. The Hall–Kier alpha value is -0.000000000000000111. The van der Waals surface area contributed by atoms with E-state index < -0.39 is 0 Å². The van der Waals surface area contributed by atoms with Gasteiger partial charge in [0.1, 0.15) is 0 Å². The zero-order chi connectivity index (χ0) is 13.3. The summed E-state index contributed by atoms with van der Waals surface area (Å²) in [6.07, 6.45) is 0. The Kier molecular flexibility index (Phi) is 4.78. The van der Waals surface area contributed by atoms with Crippen LogP contribution in [0.5, 0.6) is 0 Å². The van der Waals surface area contributed by atoms with Crippen LogP contribution >= 0.6 is 43.6 Å². The molecule has 0 amide bonds. The third kappa shape index (κ3) is 3.31. The van der Waals surface area contributed by atoms with Crippen molar-refractivity contribution in [1.82, 2.24) is 0 Å². The highest BCUT2D eigenvalue weighted by atomic mass is 79.9. The summed E-state index contributed by atoms with van der Waals surface area (Å²) >= 11 is 8.98. The van der Waals surface area contributed by atoms with Gasteiger partial charge in [-0.25, -0.2) is 0 Å². The Labute approximate surface area is 129 Å². The van der Waals surface area contributed by atoms with E-state index in [0.717, 1.165) is 25.6 Å². The first-order chi connectivity index (χ1) is 8.47. The molecule has 1 aliphatic rings. The van der Waals surface area contributed by atoms with E-state index in [1.54, 1.807) is 11.8 Å². The molecule has 18 heavy (non-hydrogen) atoms. The van der Waals surface area contributed by atoms with Crippen molar-refractivity contribution < 1.29 is 0 Å². The lowest BCUT2D eigenvalue weighted by atomic mass is 10.1. The van der Waals surface area contributed by atoms with E-state index >= 15 is 0 Å². The predicted octanol–water partition coefficient (Wildman–Crippen LogP) is 5.06. The van der Waals surface area contributed by atoms with Crippen molar-refractivity contribution in [2.45, 2.75) is 26.8 Å². The van der Waals surface area contributed by atoms with E-state index in [-0.39, 0.29) is 0 Å². The summed E-state index contributed by atoms with van der Waals surface area (Å²) in [5, 5.41) is 4.42. The Balaban J connectivity index is 2.18. The summed E-state index contributed by atoms with van der Waals surface area (Å²) in [7, 11) is 0. The summed E-state index contributed by atoms with van der Waals surface area (Å²) < 4.78 is 2.12. The summed E-state index contributed by atoms with van der Waals surface area (Å²) in [5.41, 5.74) is 2.27. The van der Waals surface area contributed by atoms with Crippen LogP contribution in [-0.4, -0.2) is 17.0 Å². The quantitative estimate of drug-likeness (QED) is 0.761. The van der Waals surface area contributed by atoms with Gasteiger partial charge < -0.3 is 5.32 Å². The first kappa shape index (κ1) is 14.4. The van der Waals surface area contributed by atoms with E-state index in [1.807, 2.05) is 0 Å². The number of aliphatic imine (C=N–C) groups is 1. The summed E-state index contributed by atoms with van der Waals surface area (Å²) in [6.45, 7) is 6.51. The Bertz CT molecular complexity index is 463. The van der Waals surface area contributed by atoms with E-state index in [4.69, 9.17) is 4.99 Å². The average Bonchev–Trinajstić information content (AvgIpc) is 2.71. The molecule has 2 rings (SSSR count). The van der Waals surface area contributed by atoms with Gasteiger partial charge in [-0.1, -0.05) is 25.6 Å². The largest absolute Gasteiger partial charge is 0.333 e. The van der Waals surface area contributed by atoms with Crippen LogP contribution in [0.25, 0.3) is 0 Å². The number of nitrogens with one attached hydrogen (secondary N) is 1. The van der Waals surface area contributed by atoms with Gasteiger partial charge in [0.25, 0.3) is 0 Å². The van der Waals surface area contributed by atoms with Crippen molar-refractivity contribution in [3.8, 4) is 0 Å². The highest BCUT2D eigenvalue weighted by Crippen LogP contribution is 2.34. The second-order valence-corrected chi connectivity index (χ2v) is 7.50. The summed E-state index contributed by atoms with van der Waals surface area (Å²) in [4.78, 5) is 4.71. The fraction of sp³-hybridized carbons (Fsp3) is 0.462. The number of nitrogens with zero attached hydrogens (tertiary/aromatic N) is 1. The van der Waals surface area contributed by atoms with E-state index in [0.29, 0.717) is 12.0 Å². The molecule has 0 aromatic heterocycles. The van der Waals surface area contributed by atoms with Gasteiger partial charge >= 0.3 is 0 Å². The minimum atomic E-state index is 0.431. The highest BCUT2D eigenvalue weighted by molar-refractivity contribution is 9.11. The maximum absolute atomic E-state index is 4.71. The molecule has 0 bridgehead atoms. The number of amidine groups is 1. The van der Waals surface area contributed by atoms with Crippen molar-refractivity contribution >= 4 is 54.5 Å². The van der Waals surface area contributed by atoms with Gasteiger partial charge in [0.15, 0.2) is 5.17 Å². The van der Waals surface area contributed by atoms with Gasteiger partial charge in [-0.2, -0.15) is 0 Å². The van der Waals surface area contributed by atoms with Gasteiger partial charge in [0.2, 0.25) is 0 Å². The molecule has 0 saturated carbocycles. The third-order valence-corrected chi connectivity index (χ3v) is 5.10. The molecule has 1 aliphatic heterocycles. The first-order valence-electron chi connectivity index (χ1n) is 5.90. The van der Waals surface area contributed by atoms with Crippen molar-refractivity contribution in [1.29, 1.82) is 0 Å². The lowest BCUT2D eigenvalue weighted by Gasteiger charge is -2.11. The van der Waals surface area contributed by atoms with Gasteiger partial charge in [0, 0.05) is 14.7 Å². The van der Waals surface area contributed by atoms with Crippen molar-refractivity contribution in [3.05, 3.63) is 26.6 Å². The molecule has 1 heterocycles. The maximum atomic E-state index is 4.71. The van der Waals surface area contributed by atoms with E-state index in [2.05, 4.69) is 70.1 Å². The Morgan fingerprint density at radius 3 is 2.44 bits per heavy atom. The van der Waals surface area contributed by atoms with Crippen LogP contribution in [0.15, 0.2) is 26.1 Å². The van der Waals surface area contributed by atoms with Crippen LogP contribution in [0.3, 0.4) is 0 Å². The molecule has 1 aromatic carbocycles. The van der Waals surface area contributed by atoms with Crippen molar-refractivity contribution in [2.75, 3.05) is 11.1 Å². The predicted molar refractivity (Wildman–Crippen MR) is 88.7 cm³/mol. The number of hydrogen-bond acceptors (Lipinski definition) is 3. The molecule has 1 N–H and O–H groups in total. The number of benzene rings is 1. The van der Waals surface area contributed by atoms with E-state index in [1.165, 1.54) is 5.56 Å². The van der Waals surface area contributed by atoms with Gasteiger partial charge in [-0.05, 0) is 62.4 Å². The fourth-order valence-corrected chi connectivity index (χ4v) is 4.51. The summed E-state index contributed by atoms with van der Waals surface area (Å²) in [5.74, 6) is 1.67. The van der Waals surface area contributed by atoms with Crippen LogP contribution in [0.4, 0.5) is 5.69 Å². The number of thioether (sulfide) groups is 1. The zero-order valence-electron chi connectivity index (χ0n) is 10.6. The molecule has 0 spiro atoms.